The van der Waals surface area contributed by atoms with Crippen molar-refractivity contribution in [3.05, 3.63) is 24.0 Å². The lowest BCUT2D eigenvalue weighted by atomic mass is 9.93. The number of aliphatic hydroxyl groups is 1. The summed E-state index contributed by atoms with van der Waals surface area (Å²) in [6.45, 7) is 2.92. The maximum Gasteiger partial charge on any atom is 0.255 e. The van der Waals surface area contributed by atoms with Crippen molar-refractivity contribution in [2.24, 2.45) is 0 Å². The maximum absolute atomic E-state index is 12.3. The lowest BCUT2D eigenvalue weighted by Gasteiger charge is -2.26. The van der Waals surface area contributed by atoms with E-state index in [1.807, 2.05) is 6.07 Å². The minimum atomic E-state index is -0.205. The zero-order chi connectivity index (χ0) is 14.4. The van der Waals surface area contributed by atoms with E-state index in [-0.39, 0.29) is 18.1 Å². The molecular weight excluding hydrogens is 254 g/mol. The molecule has 1 amide bonds. The standard InChI is InChI=1S/C15H23N3O2/c1-2-8-17-14-7-9-16-10-13(14)15(20)18-11-3-5-12(19)6-4-11/h7,9-12,19H,2-6,8H2,1H3,(H,16,17)(H,18,20). The predicted octanol–water partition coefficient (Wildman–Crippen LogP) is 1.94. The molecule has 0 saturated heterocycles. The first-order chi connectivity index (χ1) is 9.70. The SMILES string of the molecule is CCCNc1ccncc1C(=O)NC1CCC(O)CC1. The Balaban J connectivity index is 1.98. The molecule has 20 heavy (non-hydrogen) atoms. The Morgan fingerprint density at radius 3 is 2.85 bits per heavy atom. The third-order valence-corrected chi connectivity index (χ3v) is 3.66. The van der Waals surface area contributed by atoms with Crippen molar-refractivity contribution in [3.63, 3.8) is 0 Å². The van der Waals surface area contributed by atoms with Crippen LogP contribution in [0.4, 0.5) is 5.69 Å². The van der Waals surface area contributed by atoms with Gasteiger partial charge >= 0.3 is 0 Å². The molecule has 1 aliphatic rings. The van der Waals surface area contributed by atoms with Crippen LogP contribution in [0.1, 0.15) is 49.4 Å². The number of anilines is 1. The monoisotopic (exact) mass is 277 g/mol. The third kappa shape index (κ3) is 3.93. The van der Waals surface area contributed by atoms with Crippen LogP contribution < -0.4 is 10.6 Å². The molecule has 1 saturated carbocycles. The highest BCUT2D eigenvalue weighted by atomic mass is 16.3. The Bertz CT molecular complexity index is 442. The van der Waals surface area contributed by atoms with Gasteiger partial charge in [0.2, 0.25) is 0 Å². The Morgan fingerprint density at radius 1 is 1.40 bits per heavy atom. The summed E-state index contributed by atoms with van der Waals surface area (Å²) < 4.78 is 0. The fourth-order valence-corrected chi connectivity index (χ4v) is 2.47. The summed E-state index contributed by atoms with van der Waals surface area (Å²) >= 11 is 0. The summed E-state index contributed by atoms with van der Waals surface area (Å²) in [5.74, 6) is -0.0851. The number of carbonyl (C=O) groups is 1. The van der Waals surface area contributed by atoms with Gasteiger partial charge in [-0.3, -0.25) is 9.78 Å². The second-order valence-electron chi connectivity index (χ2n) is 5.33. The van der Waals surface area contributed by atoms with Crippen LogP contribution >= 0.6 is 0 Å². The van der Waals surface area contributed by atoms with Gasteiger partial charge in [0.15, 0.2) is 0 Å². The molecule has 2 rings (SSSR count). The van der Waals surface area contributed by atoms with Crippen molar-refractivity contribution < 1.29 is 9.90 Å². The molecule has 0 unspecified atom stereocenters. The third-order valence-electron chi connectivity index (χ3n) is 3.66. The van der Waals surface area contributed by atoms with Crippen molar-refractivity contribution in [1.82, 2.24) is 10.3 Å². The van der Waals surface area contributed by atoms with E-state index in [0.29, 0.717) is 5.56 Å². The first-order valence-corrected chi connectivity index (χ1v) is 7.37. The number of pyridine rings is 1. The number of rotatable bonds is 5. The van der Waals surface area contributed by atoms with Crippen LogP contribution in [0, 0.1) is 0 Å². The molecule has 0 radical (unpaired) electrons. The normalized spacial score (nSPS) is 22.3. The number of aliphatic hydroxyl groups excluding tert-OH is 1. The second kappa shape index (κ2) is 7.24. The van der Waals surface area contributed by atoms with Gasteiger partial charge < -0.3 is 15.7 Å². The molecule has 0 atom stereocenters. The number of hydrogen-bond donors (Lipinski definition) is 3. The number of hydrogen-bond acceptors (Lipinski definition) is 4. The largest absolute Gasteiger partial charge is 0.393 e. The predicted molar refractivity (Wildman–Crippen MR) is 78.7 cm³/mol. The molecule has 0 bridgehead atoms. The summed E-state index contributed by atoms with van der Waals surface area (Å²) in [7, 11) is 0. The van der Waals surface area contributed by atoms with Gasteiger partial charge in [-0.05, 0) is 38.2 Å². The molecule has 1 aromatic rings. The van der Waals surface area contributed by atoms with Gasteiger partial charge in [0, 0.05) is 25.0 Å². The van der Waals surface area contributed by atoms with Gasteiger partial charge in [-0.25, -0.2) is 0 Å². The van der Waals surface area contributed by atoms with Gasteiger partial charge in [0.25, 0.3) is 5.91 Å². The van der Waals surface area contributed by atoms with E-state index >= 15 is 0 Å². The zero-order valence-corrected chi connectivity index (χ0v) is 11.9. The molecule has 0 aromatic carbocycles. The minimum absolute atomic E-state index is 0.0851. The van der Waals surface area contributed by atoms with Crippen molar-refractivity contribution in [2.75, 3.05) is 11.9 Å². The summed E-state index contributed by atoms with van der Waals surface area (Å²) in [6.07, 6.45) is 7.29. The van der Waals surface area contributed by atoms with Crippen LogP contribution in [0.15, 0.2) is 18.5 Å². The fourth-order valence-electron chi connectivity index (χ4n) is 2.47. The summed E-state index contributed by atoms with van der Waals surface area (Å²) in [5, 5.41) is 15.8. The molecule has 110 valence electrons. The molecule has 1 aliphatic carbocycles. The van der Waals surface area contributed by atoms with Gasteiger partial charge in [-0.1, -0.05) is 6.92 Å². The molecule has 0 aliphatic heterocycles. The highest BCUT2D eigenvalue weighted by molar-refractivity contribution is 5.99. The number of aromatic nitrogens is 1. The van der Waals surface area contributed by atoms with E-state index in [1.54, 1.807) is 12.4 Å². The topological polar surface area (TPSA) is 74.2 Å². The van der Waals surface area contributed by atoms with Crippen molar-refractivity contribution in [1.29, 1.82) is 0 Å². The Hall–Kier alpha value is -1.62. The maximum atomic E-state index is 12.3. The van der Waals surface area contributed by atoms with Gasteiger partial charge in [0.1, 0.15) is 0 Å². The van der Waals surface area contributed by atoms with Crippen LogP contribution in [0.2, 0.25) is 0 Å². The number of amides is 1. The highest BCUT2D eigenvalue weighted by Gasteiger charge is 2.22. The number of nitrogens with zero attached hydrogens (tertiary/aromatic N) is 1. The molecule has 1 fully saturated rings. The quantitative estimate of drug-likeness (QED) is 0.769. The average Bonchev–Trinajstić information content (AvgIpc) is 2.47. The molecule has 3 N–H and O–H groups in total. The molecule has 0 spiro atoms. The first kappa shape index (κ1) is 14.8. The number of carbonyl (C=O) groups excluding carboxylic acids is 1. The van der Waals surface area contributed by atoms with Gasteiger partial charge in [-0.2, -0.15) is 0 Å². The van der Waals surface area contributed by atoms with E-state index < -0.39 is 0 Å². The fraction of sp³-hybridized carbons (Fsp3) is 0.600. The van der Waals surface area contributed by atoms with E-state index in [2.05, 4.69) is 22.5 Å². The molecule has 5 heteroatoms. The molecule has 1 heterocycles. The van der Waals surface area contributed by atoms with E-state index in [9.17, 15) is 9.90 Å². The van der Waals surface area contributed by atoms with Gasteiger partial charge in [0.05, 0.1) is 17.4 Å². The zero-order valence-electron chi connectivity index (χ0n) is 11.9. The van der Waals surface area contributed by atoms with Crippen LogP contribution in [0.25, 0.3) is 0 Å². The van der Waals surface area contributed by atoms with E-state index in [1.165, 1.54) is 0 Å². The summed E-state index contributed by atoms with van der Waals surface area (Å²) in [6, 6.07) is 1.99. The van der Waals surface area contributed by atoms with E-state index in [4.69, 9.17) is 0 Å². The second-order valence-corrected chi connectivity index (χ2v) is 5.33. The van der Waals surface area contributed by atoms with E-state index in [0.717, 1.165) is 44.3 Å². The Kier molecular flexibility index (Phi) is 5.35. The lowest BCUT2D eigenvalue weighted by Crippen LogP contribution is -2.38. The van der Waals surface area contributed by atoms with Crippen LogP contribution in [0.3, 0.4) is 0 Å². The number of nitrogens with one attached hydrogen (secondary N) is 2. The first-order valence-electron chi connectivity index (χ1n) is 7.37. The molecule has 5 nitrogen and oxygen atoms in total. The Labute approximate surface area is 119 Å². The summed E-state index contributed by atoms with van der Waals surface area (Å²) in [5.41, 5.74) is 1.42. The Morgan fingerprint density at radius 2 is 2.15 bits per heavy atom. The molecular formula is C15H23N3O2. The summed E-state index contributed by atoms with van der Waals surface area (Å²) in [4.78, 5) is 16.4. The van der Waals surface area contributed by atoms with Crippen molar-refractivity contribution in [3.8, 4) is 0 Å². The molecule has 1 aromatic heterocycles. The van der Waals surface area contributed by atoms with Crippen LogP contribution in [-0.2, 0) is 0 Å². The highest BCUT2D eigenvalue weighted by Crippen LogP contribution is 2.20. The minimum Gasteiger partial charge on any atom is -0.393 e. The van der Waals surface area contributed by atoms with Gasteiger partial charge in [-0.15, -0.1) is 0 Å². The van der Waals surface area contributed by atoms with Crippen molar-refractivity contribution in [2.45, 2.75) is 51.2 Å². The van der Waals surface area contributed by atoms with Crippen LogP contribution in [0.5, 0.6) is 0 Å². The smallest absolute Gasteiger partial charge is 0.255 e. The lowest BCUT2D eigenvalue weighted by molar-refractivity contribution is 0.0868. The average molecular weight is 277 g/mol. The van der Waals surface area contributed by atoms with Crippen molar-refractivity contribution >= 4 is 11.6 Å². The van der Waals surface area contributed by atoms with Crippen LogP contribution in [-0.4, -0.2) is 34.7 Å².